The van der Waals surface area contributed by atoms with E-state index in [1.54, 1.807) is 36.7 Å². The number of carbonyl (C=O) groups is 1. The zero-order valence-corrected chi connectivity index (χ0v) is 19.7. The molecule has 0 bridgehead atoms. The lowest BCUT2D eigenvalue weighted by Crippen LogP contribution is -2.23. The molecule has 0 aliphatic carbocycles. The minimum atomic E-state index is -0.434. The molecule has 0 unspecified atom stereocenters. The number of pyridine rings is 1. The highest BCUT2D eigenvalue weighted by Gasteiger charge is 2.13. The lowest BCUT2D eigenvalue weighted by molar-refractivity contribution is 0.0950. The maximum atomic E-state index is 14.4. The monoisotopic (exact) mass is 502 g/mol. The largest absolute Gasteiger partial charge is 0.360 e. The van der Waals surface area contributed by atoms with Crippen LogP contribution < -0.4 is 5.32 Å². The SMILES string of the molecule is N#Cc1cc(Cc2cc(C(=O)NCc3cc4c(Cl)c[nH]c4cc3F)ccn2)cc2cc(Cl)ccc12. The number of hydrogen-bond acceptors (Lipinski definition) is 3. The third-order valence-electron chi connectivity index (χ3n) is 5.80. The Balaban J connectivity index is 1.35. The number of nitrogens with zero attached hydrogens (tertiary/aromatic N) is 2. The molecule has 8 heteroatoms. The van der Waals surface area contributed by atoms with Gasteiger partial charge in [-0.05, 0) is 58.8 Å². The summed E-state index contributed by atoms with van der Waals surface area (Å²) in [4.78, 5) is 20.1. The lowest BCUT2D eigenvalue weighted by atomic mass is 9.98. The van der Waals surface area contributed by atoms with Gasteiger partial charge in [0.25, 0.3) is 5.91 Å². The summed E-state index contributed by atoms with van der Waals surface area (Å²) < 4.78 is 14.4. The van der Waals surface area contributed by atoms with Crippen LogP contribution in [-0.4, -0.2) is 15.9 Å². The lowest BCUT2D eigenvalue weighted by Gasteiger charge is -2.09. The van der Waals surface area contributed by atoms with Gasteiger partial charge in [-0.1, -0.05) is 35.3 Å². The molecule has 0 saturated carbocycles. The Morgan fingerprint density at radius 1 is 1.09 bits per heavy atom. The van der Waals surface area contributed by atoms with Gasteiger partial charge in [-0.2, -0.15) is 5.26 Å². The zero-order valence-electron chi connectivity index (χ0n) is 18.2. The number of aromatic nitrogens is 2. The highest BCUT2D eigenvalue weighted by Crippen LogP contribution is 2.27. The van der Waals surface area contributed by atoms with Gasteiger partial charge in [0.2, 0.25) is 0 Å². The number of amides is 1. The average molecular weight is 503 g/mol. The maximum Gasteiger partial charge on any atom is 0.251 e. The number of nitrogens with one attached hydrogen (secondary N) is 2. The summed E-state index contributed by atoms with van der Waals surface area (Å²) >= 11 is 12.3. The summed E-state index contributed by atoms with van der Waals surface area (Å²) in [7, 11) is 0. The molecule has 2 heterocycles. The number of fused-ring (bicyclic) bond motifs is 2. The Hall–Kier alpha value is -3.92. The van der Waals surface area contributed by atoms with Crippen LogP contribution in [0.1, 0.15) is 32.7 Å². The van der Waals surface area contributed by atoms with Crippen LogP contribution in [0, 0.1) is 17.1 Å². The van der Waals surface area contributed by atoms with Crippen molar-refractivity contribution in [1.29, 1.82) is 5.26 Å². The van der Waals surface area contributed by atoms with E-state index in [1.807, 2.05) is 24.3 Å². The van der Waals surface area contributed by atoms with Gasteiger partial charge >= 0.3 is 0 Å². The fourth-order valence-corrected chi connectivity index (χ4v) is 4.48. The summed E-state index contributed by atoms with van der Waals surface area (Å²) in [5, 5.41) is 15.8. The van der Waals surface area contributed by atoms with Crippen molar-refractivity contribution < 1.29 is 9.18 Å². The van der Waals surface area contributed by atoms with Gasteiger partial charge in [-0.15, -0.1) is 0 Å². The first-order valence-electron chi connectivity index (χ1n) is 10.7. The van der Waals surface area contributed by atoms with E-state index in [2.05, 4.69) is 21.4 Å². The van der Waals surface area contributed by atoms with E-state index in [0.717, 1.165) is 16.3 Å². The number of H-pyrrole nitrogens is 1. The van der Waals surface area contributed by atoms with E-state index in [-0.39, 0.29) is 12.5 Å². The van der Waals surface area contributed by atoms with Crippen LogP contribution in [0.4, 0.5) is 4.39 Å². The molecule has 0 aliphatic heterocycles. The van der Waals surface area contributed by atoms with Crippen LogP contribution in [0.2, 0.25) is 10.0 Å². The van der Waals surface area contributed by atoms with Gasteiger partial charge in [0.15, 0.2) is 0 Å². The number of aromatic amines is 1. The van der Waals surface area contributed by atoms with Gasteiger partial charge in [0.1, 0.15) is 5.82 Å². The van der Waals surface area contributed by atoms with Crippen LogP contribution in [0.5, 0.6) is 0 Å². The quantitative estimate of drug-likeness (QED) is 0.285. The summed E-state index contributed by atoms with van der Waals surface area (Å²) in [6.07, 6.45) is 3.57. The topological polar surface area (TPSA) is 81.6 Å². The van der Waals surface area contributed by atoms with Gasteiger partial charge in [0, 0.05) is 58.1 Å². The van der Waals surface area contributed by atoms with Crippen molar-refractivity contribution >= 4 is 50.8 Å². The Kier molecular flexibility index (Phi) is 6.12. The smallest absolute Gasteiger partial charge is 0.251 e. The van der Waals surface area contributed by atoms with E-state index in [1.165, 1.54) is 6.07 Å². The highest BCUT2D eigenvalue weighted by molar-refractivity contribution is 6.35. The molecule has 0 saturated heterocycles. The molecule has 2 aromatic heterocycles. The Labute approximate surface area is 210 Å². The third kappa shape index (κ3) is 4.69. The molecule has 5 aromatic rings. The summed E-state index contributed by atoms with van der Waals surface area (Å²) in [5.74, 6) is -0.784. The second-order valence-electron chi connectivity index (χ2n) is 8.14. The van der Waals surface area contributed by atoms with Crippen molar-refractivity contribution in [2.24, 2.45) is 0 Å². The predicted molar refractivity (Wildman–Crippen MR) is 135 cm³/mol. The minimum Gasteiger partial charge on any atom is -0.360 e. The summed E-state index contributed by atoms with van der Waals surface area (Å²) in [6.45, 7) is 0.0106. The molecule has 0 radical (unpaired) electrons. The molecule has 35 heavy (non-hydrogen) atoms. The number of hydrogen-bond donors (Lipinski definition) is 2. The van der Waals surface area contributed by atoms with Crippen molar-refractivity contribution in [1.82, 2.24) is 15.3 Å². The second-order valence-corrected chi connectivity index (χ2v) is 8.99. The van der Waals surface area contributed by atoms with E-state index < -0.39 is 5.82 Å². The molecule has 5 nitrogen and oxygen atoms in total. The molecular formula is C27H17Cl2FN4O. The van der Waals surface area contributed by atoms with Crippen LogP contribution in [-0.2, 0) is 13.0 Å². The average Bonchev–Trinajstić information content (AvgIpc) is 3.20. The van der Waals surface area contributed by atoms with Gasteiger partial charge < -0.3 is 10.3 Å². The van der Waals surface area contributed by atoms with Crippen molar-refractivity contribution in [3.8, 4) is 6.07 Å². The van der Waals surface area contributed by atoms with E-state index in [9.17, 15) is 14.4 Å². The van der Waals surface area contributed by atoms with Gasteiger partial charge in [-0.25, -0.2) is 4.39 Å². The summed E-state index contributed by atoms with van der Waals surface area (Å²) in [6, 6.07) is 17.7. The van der Waals surface area contributed by atoms with Crippen LogP contribution in [0.15, 0.2) is 67.0 Å². The molecule has 0 atom stereocenters. The highest BCUT2D eigenvalue weighted by atomic mass is 35.5. The number of halogens is 3. The van der Waals surface area contributed by atoms with Crippen LogP contribution in [0.3, 0.4) is 0 Å². The van der Waals surface area contributed by atoms with Crippen LogP contribution >= 0.6 is 23.2 Å². The number of rotatable bonds is 5. The second kappa shape index (κ2) is 9.38. The van der Waals surface area contributed by atoms with E-state index >= 15 is 0 Å². The molecule has 3 aromatic carbocycles. The van der Waals surface area contributed by atoms with Crippen LogP contribution in [0.25, 0.3) is 21.7 Å². The van der Waals surface area contributed by atoms with Crippen molar-refractivity contribution in [2.45, 2.75) is 13.0 Å². The number of nitriles is 1. The number of carbonyl (C=O) groups excluding carboxylic acids is 1. The first kappa shape index (κ1) is 22.9. The third-order valence-corrected chi connectivity index (χ3v) is 6.34. The molecule has 0 spiro atoms. The van der Waals surface area contributed by atoms with Crippen molar-refractivity contribution in [2.75, 3.05) is 0 Å². The molecule has 5 rings (SSSR count). The molecule has 172 valence electrons. The fraction of sp³-hybridized carbons (Fsp3) is 0.0741. The van der Waals surface area contributed by atoms with Crippen molar-refractivity contribution in [3.63, 3.8) is 0 Å². The maximum absolute atomic E-state index is 14.4. The Morgan fingerprint density at radius 2 is 1.94 bits per heavy atom. The Morgan fingerprint density at radius 3 is 2.77 bits per heavy atom. The minimum absolute atomic E-state index is 0.0106. The first-order valence-corrected chi connectivity index (χ1v) is 11.5. The van der Waals surface area contributed by atoms with E-state index in [4.69, 9.17) is 23.2 Å². The zero-order chi connectivity index (χ0) is 24.5. The van der Waals surface area contributed by atoms with Gasteiger partial charge in [-0.3, -0.25) is 9.78 Å². The molecule has 1 amide bonds. The predicted octanol–water partition coefficient (Wildman–Crippen LogP) is 6.55. The van der Waals surface area contributed by atoms with Gasteiger partial charge in [0.05, 0.1) is 16.7 Å². The first-order chi connectivity index (χ1) is 16.9. The normalized spacial score (nSPS) is 11.0. The molecule has 0 fully saturated rings. The van der Waals surface area contributed by atoms with Crippen molar-refractivity contribution in [3.05, 3.63) is 111 Å². The fourth-order valence-electron chi connectivity index (χ4n) is 4.09. The van der Waals surface area contributed by atoms with E-state index in [0.29, 0.717) is 49.8 Å². The molecule has 0 aliphatic rings. The standard InChI is InChI=1S/C27H17Cl2FN4O/c28-20-1-2-22-17(8-20)5-15(6-18(22)12-31)7-21-9-16(3-4-32-21)27(35)34-13-19-10-23-24(29)14-33-26(23)11-25(19)30/h1-6,8-11,14,33H,7,13H2,(H,34,35). The molecular weight excluding hydrogens is 486 g/mol. The molecule has 2 N–H and O–H groups in total. The summed E-state index contributed by atoms with van der Waals surface area (Å²) in [5.41, 5.74) is 3.41. The number of benzene rings is 3. The Bertz CT molecular complexity index is 1660.